The normalized spacial score (nSPS) is 16.8. The molecule has 1 saturated heterocycles. The number of carbonyl (C=O) groups excluding carboxylic acids is 2. The zero-order valence-corrected chi connectivity index (χ0v) is 17.9. The number of benzene rings is 3. The summed E-state index contributed by atoms with van der Waals surface area (Å²) in [5.41, 5.74) is 3.96. The van der Waals surface area contributed by atoms with Crippen LogP contribution in [0.5, 0.6) is 0 Å². The largest absolute Gasteiger partial charge is 0.368 e. The second-order valence-electron chi connectivity index (χ2n) is 8.08. The highest BCUT2D eigenvalue weighted by atomic mass is 16.2. The molecule has 0 aromatic heterocycles. The number of piperazine rings is 1. The van der Waals surface area contributed by atoms with Gasteiger partial charge >= 0.3 is 0 Å². The summed E-state index contributed by atoms with van der Waals surface area (Å²) in [5.74, 6) is -0.420. The molecule has 1 fully saturated rings. The van der Waals surface area contributed by atoms with E-state index in [1.165, 1.54) is 10.6 Å². The van der Waals surface area contributed by atoms with E-state index in [1.807, 2.05) is 78.9 Å². The molecule has 3 aromatic rings. The topological polar surface area (TPSA) is 43.9 Å². The van der Waals surface area contributed by atoms with E-state index < -0.39 is 0 Å². The van der Waals surface area contributed by atoms with Gasteiger partial charge in [-0.05, 0) is 23.3 Å². The van der Waals surface area contributed by atoms with Gasteiger partial charge < -0.3 is 9.80 Å². The summed E-state index contributed by atoms with van der Waals surface area (Å²) in [4.78, 5) is 32.8. The number of imide groups is 1. The fourth-order valence-corrected chi connectivity index (χ4v) is 4.46. The van der Waals surface area contributed by atoms with Crippen LogP contribution in [0, 0.1) is 0 Å². The molecule has 0 atom stereocenters. The molecule has 2 heterocycles. The van der Waals surface area contributed by atoms with Gasteiger partial charge in [0.15, 0.2) is 0 Å². The Morgan fingerprint density at radius 3 is 1.75 bits per heavy atom. The Bertz CT molecular complexity index is 1140. The fraction of sp³-hybridized carbons (Fsp3) is 0.185. The van der Waals surface area contributed by atoms with Crippen LogP contribution in [0.4, 0.5) is 5.69 Å². The van der Waals surface area contributed by atoms with Gasteiger partial charge in [0.05, 0.1) is 12.1 Å². The number of para-hydroxylation sites is 1. The van der Waals surface area contributed by atoms with Crippen molar-refractivity contribution in [3.63, 3.8) is 0 Å². The van der Waals surface area contributed by atoms with Gasteiger partial charge in [-0.1, -0.05) is 78.9 Å². The molecular formula is C27H25N3O2. The minimum Gasteiger partial charge on any atom is -0.368 e. The van der Waals surface area contributed by atoms with Crippen molar-refractivity contribution < 1.29 is 9.59 Å². The van der Waals surface area contributed by atoms with Crippen LogP contribution in [0.25, 0.3) is 5.57 Å². The first-order valence-corrected chi connectivity index (χ1v) is 11.0. The number of hydrogen-bond donors (Lipinski definition) is 0. The summed E-state index contributed by atoms with van der Waals surface area (Å²) in [7, 11) is 0. The summed E-state index contributed by atoms with van der Waals surface area (Å²) < 4.78 is 0. The van der Waals surface area contributed by atoms with Crippen molar-refractivity contribution in [2.45, 2.75) is 6.54 Å². The van der Waals surface area contributed by atoms with Gasteiger partial charge in [-0.2, -0.15) is 0 Å². The molecule has 5 heteroatoms. The van der Waals surface area contributed by atoms with E-state index >= 15 is 0 Å². The van der Waals surface area contributed by atoms with Crippen molar-refractivity contribution >= 4 is 23.1 Å². The second kappa shape index (κ2) is 8.71. The minimum atomic E-state index is -0.217. The van der Waals surface area contributed by atoms with Crippen LogP contribution in [0.15, 0.2) is 96.7 Å². The quantitative estimate of drug-likeness (QED) is 0.586. The van der Waals surface area contributed by atoms with Crippen LogP contribution in [0.2, 0.25) is 0 Å². The second-order valence-corrected chi connectivity index (χ2v) is 8.08. The van der Waals surface area contributed by atoms with Crippen molar-refractivity contribution in [2.75, 3.05) is 31.1 Å². The average Bonchev–Trinajstić information content (AvgIpc) is 3.10. The highest BCUT2D eigenvalue weighted by Gasteiger charge is 2.42. The molecule has 5 rings (SSSR count). The average molecular weight is 424 g/mol. The molecule has 3 aromatic carbocycles. The number of hydrogen-bond acceptors (Lipinski definition) is 4. The lowest BCUT2D eigenvalue weighted by atomic mass is 10.0. The Morgan fingerprint density at radius 2 is 1.12 bits per heavy atom. The van der Waals surface area contributed by atoms with Crippen molar-refractivity contribution in [1.29, 1.82) is 0 Å². The zero-order chi connectivity index (χ0) is 21.9. The lowest BCUT2D eigenvalue weighted by molar-refractivity contribution is -0.138. The lowest BCUT2D eigenvalue weighted by Crippen LogP contribution is -2.47. The molecular weight excluding hydrogens is 398 g/mol. The Labute approximate surface area is 188 Å². The zero-order valence-electron chi connectivity index (χ0n) is 17.9. The van der Waals surface area contributed by atoms with E-state index in [2.05, 4.69) is 21.9 Å². The monoisotopic (exact) mass is 423 g/mol. The van der Waals surface area contributed by atoms with Gasteiger partial charge in [-0.25, -0.2) is 0 Å². The number of anilines is 1. The van der Waals surface area contributed by atoms with Crippen LogP contribution >= 0.6 is 0 Å². The van der Waals surface area contributed by atoms with Crippen molar-refractivity contribution in [1.82, 2.24) is 9.80 Å². The number of rotatable bonds is 5. The third kappa shape index (κ3) is 3.78. The molecule has 0 aliphatic carbocycles. The maximum absolute atomic E-state index is 13.5. The van der Waals surface area contributed by atoms with Gasteiger partial charge in [0.1, 0.15) is 5.70 Å². The molecule has 0 bridgehead atoms. The molecule has 2 aliphatic heterocycles. The van der Waals surface area contributed by atoms with E-state index in [9.17, 15) is 9.59 Å². The minimum absolute atomic E-state index is 0.203. The third-order valence-corrected chi connectivity index (χ3v) is 6.11. The van der Waals surface area contributed by atoms with Crippen molar-refractivity contribution in [3.8, 4) is 0 Å². The Morgan fingerprint density at radius 1 is 0.594 bits per heavy atom. The predicted octanol–water partition coefficient (Wildman–Crippen LogP) is 3.79. The summed E-state index contributed by atoms with van der Waals surface area (Å²) in [5, 5.41) is 0. The van der Waals surface area contributed by atoms with Gasteiger partial charge in [-0.3, -0.25) is 14.5 Å². The van der Waals surface area contributed by atoms with E-state index in [0.29, 0.717) is 24.4 Å². The maximum Gasteiger partial charge on any atom is 0.278 e. The molecule has 0 N–H and O–H groups in total. The van der Waals surface area contributed by atoms with E-state index in [1.54, 1.807) is 0 Å². The molecule has 2 amide bonds. The molecule has 160 valence electrons. The first kappa shape index (κ1) is 20.1. The van der Waals surface area contributed by atoms with Crippen LogP contribution in [-0.2, 0) is 16.1 Å². The number of carbonyl (C=O) groups is 2. The van der Waals surface area contributed by atoms with Gasteiger partial charge in [0.25, 0.3) is 11.8 Å². The number of nitrogens with zero attached hydrogens (tertiary/aromatic N) is 3. The van der Waals surface area contributed by atoms with E-state index in [4.69, 9.17) is 0 Å². The summed E-state index contributed by atoms with van der Waals surface area (Å²) >= 11 is 0. The van der Waals surface area contributed by atoms with Crippen LogP contribution in [-0.4, -0.2) is 47.8 Å². The van der Waals surface area contributed by atoms with Crippen LogP contribution in [0.1, 0.15) is 11.1 Å². The highest BCUT2D eigenvalue weighted by Crippen LogP contribution is 2.33. The van der Waals surface area contributed by atoms with E-state index in [-0.39, 0.29) is 18.4 Å². The standard InChI is InChI=1S/C27H25N3O2/c31-26-24(22-12-6-2-7-13-22)25(27(32)30(26)20-21-10-4-1-5-11-21)29-18-16-28(17-19-29)23-14-8-3-9-15-23/h1-15H,16-20H2. The summed E-state index contributed by atoms with van der Waals surface area (Å²) in [6, 6.07) is 29.5. The van der Waals surface area contributed by atoms with Crippen LogP contribution in [0.3, 0.4) is 0 Å². The number of amides is 2. The Kier molecular flexibility index (Phi) is 5.46. The highest BCUT2D eigenvalue weighted by molar-refractivity contribution is 6.35. The molecule has 0 radical (unpaired) electrons. The van der Waals surface area contributed by atoms with Gasteiger partial charge in [0.2, 0.25) is 0 Å². The molecule has 0 unspecified atom stereocenters. The van der Waals surface area contributed by atoms with Crippen molar-refractivity contribution in [2.24, 2.45) is 0 Å². The predicted molar refractivity (Wildman–Crippen MR) is 126 cm³/mol. The van der Waals surface area contributed by atoms with Gasteiger partial charge in [-0.15, -0.1) is 0 Å². The SMILES string of the molecule is O=C1C(c2ccccc2)=C(N2CCN(c3ccccc3)CC2)C(=O)N1Cc1ccccc1. The third-order valence-electron chi connectivity index (χ3n) is 6.11. The van der Waals surface area contributed by atoms with Crippen molar-refractivity contribution in [3.05, 3.63) is 108 Å². The maximum atomic E-state index is 13.5. The summed E-state index contributed by atoms with van der Waals surface area (Å²) in [6.45, 7) is 3.27. The molecule has 0 spiro atoms. The summed E-state index contributed by atoms with van der Waals surface area (Å²) in [6.07, 6.45) is 0. The molecule has 2 aliphatic rings. The van der Waals surface area contributed by atoms with Crippen LogP contribution < -0.4 is 4.90 Å². The Balaban J connectivity index is 1.44. The first-order chi connectivity index (χ1) is 15.7. The molecule has 0 saturated carbocycles. The fourth-order valence-electron chi connectivity index (χ4n) is 4.46. The molecule has 5 nitrogen and oxygen atoms in total. The Hall–Kier alpha value is -3.86. The van der Waals surface area contributed by atoms with E-state index in [0.717, 1.165) is 24.2 Å². The molecule has 32 heavy (non-hydrogen) atoms. The first-order valence-electron chi connectivity index (χ1n) is 11.0. The smallest absolute Gasteiger partial charge is 0.278 e. The lowest BCUT2D eigenvalue weighted by Gasteiger charge is -2.37. The van der Waals surface area contributed by atoms with Gasteiger partial charge in [0, 0.05) is 31.9 Å².